The van der Waals surface area contributed by atoms with Gasteiger partial charge in [-0.05, 0) is 80.0 Å². The fourth-order valence-corrected chi connectivity index (χ4v) is 9.97. The summed E-state index contributed by atoms with van der Waals surface area (Å²) < 4.78 is 2.27. The topological polar surface area (TPSA) is 89.6 Å². The molecule has 0 fully saturated rings. The second kappa shape index (κ2) is 21.0. The van der Waals surface area contributed by atoms with Crippen molar-refractivity contribution in [3.8, 4) is 90.0 Å². The summed E-state index contributed by atoms with van der Waals surface area (Å²) in [6.45, 7) is 32.8. The van der Waals surface area contributed by atoms with Gasteiger partial charge in [-0.1, -0.05) is 230 Å². The Morgan fingerprint density at radius 2 is 0.962 bits per heavy atom. The van der Waals surface area contributed by atoms with Gasteiger partial charge in [0, 0.05) is 59.8 Å². The molecular formula is C71H73N6OPd-. The Hall–Kier alpha value is -7.37. The van der Waals surface area contributed by atoms with E-state index in [4.69, 9.17) is 24.9 Å². The molecule has 3 aromatic heterocycles. The molecule has 0 aliphatic heterocycles. The second-order valence-electron chi connectivity index (χ2n) is 26.1. The van der Waals surface area contributed by atoms with Crippen LogP contribution < -0.4 is 0 Å². The largest absolute Gasteiger partial charge is 0.507 e. The number of phenolic OH excluding ortho intramolecular Hbond substituents is 1. The fraction of sp³-hybridized carbons (Fsp3) is 0.282. The van der Waals surface area contributed by atoms with Crippen LogP contribution in [0.25, 0.3) is 95.3 Å². The molecule has 0 aliphatic rings. The molecule has 0 saturated heterocycles. The smallest absolute Gasteiger partial charge is 0.163 e. The standard InChI is InChI=1S/C71H73N6O.Pd/c1-67(2,3)52-38-50(37-51(39-52)58-41-49(35-36-72-58)44-23-18-16-19-24-44)54-27-22-28-60-61(54)73-64(56-42-53(68(4,5)6)43-57(62(56)78)69(7,8)9)77(60)59-34-33-48(40-55(59)46-25-20-17-21-26-46)45-29-31-47(32-30-45)63-74-65(70(10,11)12)76-66(75-63)71(13,14)15;/h16-36,38-43,78H,1-15H3;/q-1;. The summed E-state index contributed by atoms with van der Waals surface area (Å²) >= 11 is 0. The van der Waals surface area contributed by atoms with Gasteiger partial charge in [-0.25, -0.2) is 19.9 Å². The third-order valence-electron chi connectivity index (χ3n) is 14.7. The number of rotatable bonds is 8. The van der Waals surface area contributed by atoms with Gasteiger partial charge in [-0.3, -0.25) is 9.55 Å². The molecule has 7 nitrogen and oxygen atoms in total. The number of benzene rings is 7. The predicted octanol–water partition coefficient (Wildman–Crippen LogP) is 18.3. The Bertz CT molecular complexity index is 3830. The summed E-state index contributed by atoms with van der Waals surface area (Å²) in [6, 6.07) is 59.6. The van der Waals surface area contributed by atoms with E-state index in [2.05, 4.69) is 266 Å². The van der Waals surface area contributed by atoms with Crippen molar-refractivity contribution in [2.45, 2.75) is 131 Å². The fourth-order valence-electron chi connectivity index (χ4n) is 9.97. The molecule has 0 spiro atoms. The Labute approximate surface area is 482 Å². The maximum Gasteiger partial charge on any atom is 0.163 e. The van der Waals surface area contributed by atoms with Crippen LogP contribution in [-0.4, -0.2) is 34.6 Å². The van der Waals surface area contributed by atoms with Gasteiger partial charge >= 0.3 is 0 Å². The maximum absolute atomic E-state index is 12.8. The van der Waals surface area contributed by atoms with Gasteiger partial charge in [0.25, 0.3) is 0 Å². The van der Waals surface area contributed by atoms with Crippen molar-refractivity contribution in [3.63, 3.8) is 0 Å². The van der Waals surface area contributed by atoms with Gasteiger partial charge in [-0.15, -0.1) is 29.3 Å². The number of hydrogen-bond donors (Lipinski definition) is 1. The molecule has 8 heteroatoms. The summed E-state index contributed by atoms with van der Waals surface area (Å²) in [5.41, 5.74) is 16.1. The first-order chi connectivity index (χ1) is 36.7. The minimum atomic E-state index is -0.369. The molecule has 79 heavy (non-hydrogen) atoms. The van der Waals surface area contributed by atoms with Crippen molar-refractivity contribution in [1.29, 1.82) is 0 Å². The normalized spacial score (nSPS) is 12.4. The average Bonchev–Trinajstić information content (AvgIpc) is 3.98. The van der Waals surface area contributed by atoms with E-state index in [-0.39, 0.29) is 53.2 Å². The van der Waals surface area contributed by atoms with Crippen LogP contribution >= 0.6 is 0 Å². The number of fused-ring (bicyclic) bond motifs is 1. The van der Waals surface area contributed by atoms with Gasteiger partial charge < -0.3 is 5.11 Å². The molecule has 0 bridgehead atoms. The third kappa shape index (κ3) is 11.6. The first-order valence-electron chi connectivity index (χ1n) is 27.3. The Morgan fingerprint density at radius 3 is 1.56 bits per heavy atom. The van der Waals surface area contributed by atoms with E-state index in [1.807, 2.05) is 12.3 Å². The van der Waals surface area contributed by atoms with E-state index in [0.29, 0.717) is 17.2 Å². The molecule has 0 amide bonds. The number of para-hydroxylation sites is 1. The number of aromatic nitrogens is 6. The first-order valence-corrected chi connectivity index (χ1v) is 27.3. The molecule has 7 aromatic carbocycles. The van der Waals surface area contributed by atoms with Crippen molar-refractivity contribution < 1.29 is 25.5 Å². The van der Waals surface area contributed by atoms with Gasteiger partial charge in [-0.2, -0.15) is 0 Å². The molecule has 1 N–H and O–H groups in total. The summed E-state index contributed by atoms with van der Waals surface area (Å²) in [6.07, 6.45) is 1.89. The van der Waals surface area contributed by atoms with E-state index in [9.17, 15) is 5.11 Å². The summed E-state index contributed by atoms with van der Waals surface area (Å²) in [4.78, 5) is 25.6. The van der Waals surface area contributed by atoms with Crippen molar-refractivity contribution >= 4 is 11.0 Å². The van der Waals surface area contributed by atoms with Crippen molar-refractivity contribution in [3.05, 3.63) is 198 Å². The zero-order valence-corrected chi connectivity index (χ0v) is 50.1. The van der Waals surface area contributed by atoms with Crippen LogP contribution in [0.2, 0.25) is 0 Å². The van der Waals surface area contributed by atoms with Crippen molar-refractivity contribution in [2.75, 3.05) is 0 Å². The quantitative estimate of drug-likeness (QED) is 0.120. The van der Waals surface area contributed by atoms with Crippen molar-refractivity contribution in [2.24, 2.45) is 0 Å². The molecule has 0 unspecified atom stereocenters. The van der Waals surface area contributed by atoms with Crippen LogP contribution in [0.1, 0.15) is 132 Å². The number of imidazole rings is 1. The predicted molar refractivity (Wildman–Crippen MR) is 324 cm³/mol. The maximum atomic E-state index is 12.8. The van der Waals surface area contributed by atoms with E-state index < -0.39 is 0 Å². The average molecular weight is 1130 g/mol. The summed E-state index contributed by atoms with van der Waals surface area (Å²) in [5, 5.41) is 12.8. The molecule has 10 rings (SSSR count). The SMILES string of the molecule is CC(C)(C)c1cc(-c2cc(-c3ccccc3)ccn2)[c-]c(-c2cccc3c2nc(-c2cc(C(C)(C)C)cc(C(C)(C)C)c2O)n3-c2ccc(-c3ccc(-c4nc(C(C)(C)C)nc(C(C)(C)C)n4)cc3)cc2-c2ccccc2)c1.[Pd]. The molecule has 404 valence electrons. The molecule has 0 atom stereocenters. The zero-order valence-electron chi connectivity index (χ0n) is 48.5. The molecule has 3 heterocycles. The van der Waals surface area contributed by atoms with Gasteiger partial charge in [0.2, 0.25) is 0 Å². The van der Waals surface area contributed by atoms with Gasteiger partial charge in [0.05, 0.1) is 22.3 Å². The number of hydrogen-bond acceptors (Lipinski definition) is 6. The van der Waals surface area contributed by atoms with Gasteiger partial charge in [0.1, 0.15) is 23.2 Å². The van der Waals surface area contributed by atoms with E-state index in [0.717, 1.165) is 106 Å². The number of nitrogens with zero attached hydrogens (tertiary/aromatic N) is 6. The second-order valence-corrected chi connectivity index (χ2v) is 26.1. The summed E-state index contributed by atoms with van der Waals surface area (Å²) in [7, 11) is 0. The van der Waals surface area contributed by atoms with Crippen LogP contribution in [0.4, 0.5) is 0 Å². The van der Waals surface area contributed by atoms with Crippen LogP contribution in [0.15, 0.2) is 164 Å². The zero-order chi connectivity index (χ0) is 55.7. The van der Waals surface area contributed by atoms with E-state index in [1.54, 1.807) is 0 Å². The Kier molecular flexibility index (Phi) is 15.0. The van der Waals surface area contributed by atoms with Crippen LogP contribution in [-0.2, 0) is 47.5 Å². The first kappa shape index (κ1) is 56.4. The minimum absolute atomic E-state index is 0. The van der Waals surface area contributed by atoms with Crippen LogP contribution in [0.5, 0.6) is 5.75 Å². The van der Waals surface area contributed by atoms with E-state index in [1.165, 1.54) is 0 Å². The molecule has 0 aliphatic carbocycles. The third-order valence-corrected chi connectivity index (χ3v) is 14.7. The van der Waals surface area contributed by atoms with Crippen LogP contribution in [0.3, 0.4) is 0 Å². The molecular weight excluding hydrogens is 1060 g/mol. The van der Waals surface area contributed by atoms with Gasteiger partial charge in [0.15, 0.2) is 5.82 Å². The summed E-state index contributed by atoms with van der Waals surface area (Å²) in [5.74, 6) is 3.10. The Morgan fingerprint density at radius 1 is 0.418 bits per heavy atom. The minimum Gasteiger partial charge on any atom is -0.507 e. The monoisotopic (exact) mass is 1130 g/mol. The number of aromatic hydroxyl groups is 1. The van der Waals surface area contributed by atoms with Crippen molar-refractivity contribution in [1.82, 2.24) is 29.5 Å². The Balaban J connectivity index is 0.00000757. The number of phenols is 1. The van der Waals surface area contributed by atoms with E-state index >= 15 is 0 Å². The molecule has 0 radical (unpaired) electrons. The van der Waals surface area contributed by atoms with Crippen LogP contribution in [0, 0.1) is 6.07 Å². The molecule has 0 saturated carbocycles. The molecule has 10 aromatic rings. The number of pyridine rings is 1.